The summed E-state index contributed by atoms with van der Waals surface area (Å²) in [5.41, 5.74) is 2.13. The van der Waals surface area contributed by atoms with Crippen molar-refractivity contribution >= 4 is 17.9 Å². The molecule has 7 heteroatoms. The second kappa shape index (κ2) is 12.5. The molecule has 0 fully saturated rings. The molecule has 0 radical (unpaired) electrons. The number of hydrogen-bond acceptors (Lipinski definition) is 4. The molecule has 32 heavy (non-hydrogen) atoms. The molecule has 2 unspecified atom stereocenters. The van der Waals surface area contributed by atoms with Crippen LogP contribution in [0.25, 0.3) is 0 Å². The van der Waals surface area contributed by atoms with E-state index in [1.165, 1.54) is 4.90 Å². The third kappa shape index (κ3) is 8.89. The van der Waals surface area contributed by atoms with Gasteiger partial charge in [-0.3, -0.25) is 9.59 Å². The number of likely N-dealkylation sites (N-methyl/N-ethyl adjacent to an activating group) is 1. The van der Waals surface area contributed by atoms with Crippen molar-refractivity contribution in [2.75, 3.05) is 13.1 Å². The molecule has 0 aliphatic heterocycles. The van der Waals surface area contributed by atoms with Gasteiger partial charge in [0.25, 0.3) is 0 Å². The highest BCUT2D eigenvalue weighted by molar-refractivity contribution is 5.92. The minimum absolute atomic E-state index is 0.217. The number of ether oxygens (including phenoxy) is 1. The van der Waals surface area contributed by atoms with Crippen LogP contribution < -0.4 is 10.6 Å². The van der Waals surface area contributed by atoms with Gasteiger partial charge in [0.2, 0.25) is 11.8 Å². The summed E-state index contributed by atoms with van der Waals surface area (Å²) in [7, 11) is 0. The van der Waals surface area contributed by atoms with Crippen molar-refractivity contribution in [3.8, 4) is 0 Å². The molecular weight excluding hydrogens is 406 g/mol. The van der Waals surface area contributed by atoms with Gasteiger partial charge >= 0.3 is 6.09 Å². The van der Waals surface area contributed by atoms with E-state index < -0.39 is 23.8 Å². The third-order valence-electron chi connectivity index (χ3n) is 4.93. The molecule has 0 bridgehead atoms. The minimum atomic E-state index is -0.842. The Morgan fingerprint density at radius 3 is 2.12 bits per heavy atom. The van der Waals surface area contributed by atoms with Crippen molar-refractivity contribution < 1.29 is 19.1 Å². The lowest BCUT2D eigenvalue weighted by Gasteiger charge is -2.33. The molecule has 2 atom stereocenters. The van der Waals surface area contributed by atoms with Crippen molar-refractivity contribution in [2.45, 2.75) is 92.3 Å². The van der Waals surface area contributed by atoms with E-state index in [2.05, 4.69) is 17.6 Å². The topological polar surface area (TPSA) is 87.7 Å². The van der Waals surface area contributed by atoms with Gasteiger partial charge in [0.15, 0.2) is 0 Å². The molecule has 0 spiro atoms. The monoisotopic (exact) mass is 447 g/mol. The fourth-order valence-electron chi connectivity index (χ4n) is 3.58. The first kappa shape index (κ1) is 27.5. The van der Waals surface area contributed by atoms with E-state index in [0.717, 1.165) is 36.0 Å². The number of hydrogen-bond donors (Lipinski definition) is 2. The molecule has 7 nitrogen and oxygen atoms in total. The quantitative estimate of drug-likeness (QED) is 0.520. The second-order valence-electron chi connectivity index (χ2n) is 9.31. The zero-order valence-electron chi connectivity index (χ0n) is 21.0. The molecule has 0 heterocycles. The Kier molecular flexibility index (Phi) is 10.7. The number of amides is 3. The number of alkyl carbamates (subject to hydrolysis) is 1. The summed E-state index contributed by atoms with van der Waals surface area (Å²) in [4.78, 5) is 40.3. The van der Waals surface area contributed by atoms with Gasteiger partial charge in [-0.2, -0.15) is 0 Å². The highest BCUT2D eigenvalue weighted by Gasteiger charge is 2.33. The van der Waals surface area contributed by atoms with Crippen molar-refractivity contribution in [2.24, 2.45) is 0 Å². The summed E-state index contributed by atoms with van der Waals surface area (Å²) in [5, 5.41) is 5.59. The molecule has 1 aromatic carbocycles. The van der Waals surface area contributed by atoms with Gasteiger partial charge in [-0.25, -0.2) is 4.79 Å². The molecule has 0 saturated heterocycles. The van der Waals surface area contributed by atoms with E-state index in [-0.39, 0.29) is 11.8 Å². The number of rotatable bonds is 10. The van der Waals surface area contributed by atoms with Crippen molar-refractivity contribution in [3.05, 3.63) is 34.9 Å². The van der Waals surface area contributed by atoms with Crippen LogP contribution in [0, 0.1) is 13.8 Å². The van der Waals surface area contributed by atoms with Crippen LogP contribution in [0.1, 0.15) is 83.5 Å². The van der Waals surface area contributed by atoms with E-state index in [0.29, 0.717) is 13.1 Å². The van der Waals surface area contributed by atoms with E-state index in [9.17, 15) is 14.4 Å². The molecule has 0 aliphatic rings. The normalized spacial score (nSPS) is 13.1. The van der Waals surface area contributed by atoms with Crippen LogP contribution in [0.2, 0.25) is 0 Å². The van der Waals surface area contributed by atoms with Gasteiger partial charge in [0, 0.05) is 13.1 Å². The Morgan fingerprint density at radius 1 is 1.03 bits per heavy atom. The summed E-state index contributed by atoms with van der Waals surface area (Å²) >= 11 is 0. The smallest absolute Gasteiger partial charge is 0.408 e. The first-order chi connectivity index (χ1) is 14.9. The summed E-state index contributed by atoms with van der Waals surface area (Å²) in [6.45, 7) is 15.6. The highest BCUT2D eigenvalue weighted by Crippen LogP contribution is 2.24. The summed E-state index contributed by atoms with van der Waals surface area (Å²) < 4.78 is 5.27. The van der Waals surface area contributed by atoms with Gasteiger partial charge < -0.3 is 20.3 Å². The summed E-state index contributed by atoms with van der Waals surface area (Å²) in [6.07, 6.45) is 2.31. The average molecular weight is 448 g/mol. The lowest BCUT2D eigenvalue weighted by molar-refractivity contribution is -0.141. The molecule has 0 saturated carbocycles. The molecule has 1 rings (SSSR count). The standard InChI is InChI=1S/C25H41N3O4/c1-9-11-12-13-26-22(29)21(20-15-17(3)14-18(4)16-20)28(10-2)23(30)19(5)27-24(31)32-25(6,7)8/h14-16,19,21H,9-13H2,1-8H3,(H,26,29)(H,27,31). The number of unbranched alkanes of at least 4 members (excludes halogenated alkanes) is 2. The van der Waals surface area contributed by atoms with Gasteiger partial charge in [-0.05, 0) is 60.5 Å². The Bertz CT molecular complexity index is 766. The van der Waals surface area contributed by atoms with Crippen LogP contribution in [0.5, 0.6) is 0 Å². The fourth-order valence-corrected chi connectivity index (χ4v) is 3.58. The fraction of sp³-hybridized carbons (Fsp3) is 0.640. The maximum Gasteiger partial charge on any atom is 0.408 e. The predicted octanol–water partition coefficient (Wildman–Crippen LogP) is 4.41. The summed E-state index contributed by atoms with van der Waals surface area (Å²) in [6, 6.07) is 4.28. The molecule has 0 aromatic heterocycles. The second-order valence-corrected chi connectivity index (χ2v) is 9.31. The first-order valence-electron chi connectivity index (χ1n) is 11.6. The predicted molar refractivity (Wildman–Crippen MR) is 127 cm³/mol. The van der Waals surface area contributed by atoms with Crippen molar-refractivity contribution in [1.29, 1.82) is 0 Å². The van der Waals surface area contributed by atoms with Crippen molar-refractivity contribution in [3.63, 3.8) is 0 Å². The van der Waals surface area contributed by atoms with Gasteiger partial charge in [0.05, 0.1) is 0 Å². The molecule has 1 aromatic rings. The van der Waals surface area contributed by atoms with Crippen molar-refractivity contribution in [1.82, 2.24) is 15.5 Å². The number of nitrogens with one attached hydrogen (secondary N) is 2. The Labute approximate surface area is 193 Å². The molecule has 2 N–H and O–H groups in total. The number of nitrogens with zero attached hydrogens (tertiary/aromatic N) is 1. The molecular formula is C25H41N3O4. The van der Waals surface area contributed by atoms with Crippen LogP contribution in [-0.4, -0.2) is 47.5 Å². The number of benzene rings is 1. The van der Waals surface area contributed by atoms with E-state index >= 15 is 0 Å². The zero-order chi connectivity index (χ0) is 24.5. The maximum atomic E-state index is 13.3. The largest absolute Gasteiger partial charge is 0.444 e. The first-order valence-corrected chi connectivity index (χ1v) is 11.6. The Balaban J connectivity index is 3.16. The van der Waals surface area contributed by atoms with Gasteiger partial charge in [-0.15, -0.1) is 0 Å². The van der Waals surface area contributed by atoms with Crippen LogP contribution in [-0.2, 0) is 14.3 Å². The maximum absolute atomic E-state index is 13.3. The van der Waals surface area contributed by atoms with Gasteiger partial charge in [-0.1, -0.05) is 49.1 Å². The number of aryl methyl sites for hydroxylation is 2. The average Bonchev–Trinajstić information content (AvgIpc) is 2.66. The minimum Gasteiger partial charge on any atom is -0.444 e. The highest BCUT2D eigenvalue weighted by atomic mass is 16.6. The Hall–Kier alpha value is -2.57. The van der Waals surface area contributed by atoms with E-state index in [1.807, 2.05) is 39.0 Å². The molecule has 180 valence electrons. The van der Waals surface area contributed by atoms with Gasteiger partial charge in [0.1, 0.15) is 17.7 Å². The SMILES string of the molecule is CCCCCNC(=O)C(c1cc(C)cc(C)c1)N(CC)C(=O)C(C)NC(=O)OC(C)(C)C. The lowest BCUT2D eigenvalue weighted by atomic mass is 9.98. The third-order valence-corrected chi connectivity index (χ3v) is 4.93. The van der Waals surface area contributed by atoms with Crippen LogP contribution >= 0.6 is 0 Å². The number of carbonyl (C=O) groups excluding carboxylic acids is 3. The Morgan fingerprint density at radius 2 is 1.62 bits per heavy atom. The van der Waals surface area contributed by atoms with Crippen LogP contribution in [0.15, 0.2) is 18.2 Å². The zero-order valence-corrected chi connectivity index (χ0v) is 21.0. The summed E-state index contributed by atoms with van der Waals surface area (Å²) in [5.74, 6) is -0.558. The number of carbonyl (C=O) groups is 3. The van der Waals surface area contributed by atoms with Crippen LogP contribution in [0.3, 0.4) is 0 Å². The lowest BCUT2D eigenvalue weighted by Crippen LogP contribution is -2.52. The van der Waals surface area contributed by atoms with E-state index in [4.69, 9.17) is 4.74 Å². The van der Waals surface area contributed by atoms with E-state index in [1.54, 1.807) is 27.7 Å². The molecule has 0 aliphatic carbocycles. The molecule has 3 amide bonds. The van der Waals surface area contributed by atoms with Crippen LogP contribution in [0.4, 0.5) is 4.79 Å².